The smallest absolute Gasteiger partial charge is 0.266 e. The van der Waals surface area contributed by atoms with Crippen molar-refractivity contribution >= 4 is 39.1 Å². The molecule has 3 rings (SSSR count). The van der Waals surface area contributed by atoms with Crippen LogP contribution in [0, 0.1) is 18.8 Å². The number of carbonyl (C=O) groups is 1. The summed E-state index contributed by atoms with van der Waals surface area (Å²) < 4.78 is 27.1. The van der Waals surface area contributed by atoms with E-state index in [0.717, 1.165) is 15.4 Å². The average Bonchev–Trinajstić information content (AvgIpc) is 2.81. The minimum Gasteiger partial charge on any atom is -0.272 e. The third-order valence-electron chi connectivity index (χ3n) is 5.77. The number of fused-ring (bicyclic) bond motifs is 1. The lowest BCUT2D eigenvalue weighted by Gasteiger charge is -2.46. The van der Waals surface area contributed by atoms with Crippen LogP contribution in [0.2, 0.25) is 0 Å². The van der Waals surface area contributed by atoms with Crippen LogP contribution in [0.15, 0.2) is 41.3 Å². The third-order valence-corrected chi connectivity index (χ3v) is 8.67. The van der Waals surface area contributed by atoms with Crippen molar-refractivity contribution in [2.45, 2.75) is 48.3 Å². The molecule has 0 bridgehead atoms. The van der Waals surface area contributed by atoms with Crippen LogP contribution in [-0.2, 0) is 14.8 Å². The number of nitrogens with zero attached hydrogens (tertiary/aromatic N) is 1. The van der Waals surface area contributed by atoms with Gasteiger partial charge in [-0.1, -0.05) is 29.8 Å². The summed E-state index contributed by atoms with van der Waals surface area (Å²) in [5.74, 6) is -1.38. The molecule has 4 atom stereocenters. The fraction of sp³-hybridized carbons (Fsp3) is 0.526. The summed E-state index contributed by atoms with van der Waals surface area (Å²) >= 11 is 13.6. The van der Waals surface area contributed by atoms with Crippen LogP contribution >= 0.6 is 23.2 Å². The van der Waals surface area contributed by atoms with Crippen LogP contribution in [0.4, 0.5) is 0 Å². The fourth-order valence-electron chi connectivity index (χ4n) is 4.20. The number of halogens is 2. The molecule has 0 unspecified atom stereocenters. The predicted octanol–water partition coefficient (Wildman–Crippen LogP) is 4.10. The lowest BCUT2D eigenvalue weighted by atomic mass is 9.65. The van der Waals surface area contributed by atoms with Gasteiger partial charge in [0.1, 0.15) is 4.87 Å². The first-order valence-corrected chi connectivity index (χ1v) is 10.8. The zero-order valence-corrected chi connectivity index (χ0v) is 17.5. The summed E-state index contributed by atoms with van der Waals surface area (Å²) in [4.78, 5) is 11.2. The highest BCUT2D eigenvalue weighted by atomic mass is 35.5. The molecule has 0 aromatic heterocycles. The van der Waals surface area contributed by atoms with Gasteiger partial charge in [-0.15, -0.1) is 23.2 Å². The van der Waals surface area contributed by atoms with Gasteiger partial charge in [-0.3, -0.25) is 4.79 Å². The normalized spacial score (nSPS) is 34.7. The fourth-order valence-corrected chi connectivity index (χ4v) is 6.82. The van der Waals surface area contributed by atoms with Crippen molar-refractivity contribution in [3.63, 3.8) is 0 Å². The Labute approximate surface area is 165 Å². The highest BCUT2D eigenvalue weighted by Crippen LogP contribution is 2.57. The largest absolute Gasteiger partial charge is 0.272 e. The molecule has 1 aromatic rings. The molecule has 4 nitrogen and oxygen atoms in total. The Balaban J connectivity index is 2.08. The molecular weight excluding hydrogens is 393 g/mol. The molecule has 26 heavy (non-hydrogen) atoms. The average molecular weight is 416 g/mol. The van der Waals surface area contributed by atoms with E-state index >= 15 is 0 Å². The van der Waals surface area contributed by atoms with E-state index in [1.54, 1.807) is 12.1 Å². The predicted molar refractivity (Wildman–Crippen MR) is 104 cm³/mol. The van der Waals surface area contributed by atoms with Gasteiger partial charge >= 0.3 is 0 Å². The Morgan fingerprint density at radius 1 is 1.27 bits per heavy atom. The van der Waals surface area contributed by atoms with Crippen molar-refractivity contribution in [3.8, 4) is 0 Å². The van der Waals surface area contributed by atoms with E-state index < -0.39 is 31.6 Å². The molecule has 1 heterocycles. The molecule has 1 saturated carbocycles. The van der Waals surface area contributed by atoms with Crippen LogP contribution in [0.5, 0.6) is 0 Å². The van der Waals surface area contributed by atoms with Gasteiger partial charge in [0, 0.05) is 23.3 Å². The summed E-state index contributed by atoms with van der Waals surface area (Å²) in [7, 11) is -3.99. The quantitative estimate of drug-likeness (QED) is 0.551. The van der Waals surface area contributed by atoms with Gasteiger partial charge in [0.2, 0.25) is 0 Å². The van der Waals surface area contributed by atoms with Gasteiger partial charge in [0.25, 0.3) is 15.9 Å². The Morgan fingerprint density at radius 2 is 1.85 bits per heavy atom. The number of carbonyl (C=O) groups excluding carboxylic acids is 1. The first-order valence-electron chi connectivity index (χ1n) is 8.59. The molecule has 1 aliphatic heterocycles. The van der Waals surface area contributed by atoms with Crippen LogP contribution < -0.4 is 0 Å². The van der Waals surface area contributed by atoms with E-state index in [-0.39, 0.29) is 17.4 Å². The topological polar surface area (TPSA) is 54.5 Å². The summed E-state index contributed by atoms with van der Waals surface area (Å²) in [5.41, 5.74) is 1.72. The SMILES string of the molecule is C=C(C)[C@H]1CC[C@](C)(Cl)[C@@H]2CN(S(=O)(=O)c3ccc(C)cc3)C(=O)[C@]12Cl. The van der Waals surface area contributed by atoms with Crippen LogP contribution in [0.3, 0.4) is 0 Å². The maximum atomic E-state index is 13.3. The molecular formula is C19H23Cl2NO3S. The number of amides is 1. The second-order valence-electron chi connectivity index (χ2n) is 7.69. The van der Waals surface area contributed by atoms with E-state index in [9.17, 15) is 13.2 Å². The van der Waals surface area contributed by atoms with E-state index in [1.807, 2.05) is 20.8 Å². The van der Waals surface area contributed by atoms with Crippen molar-refractivity contribution in [3.05, 3.63) is 42.0 Å². The first kappa shape index (κ1) is 19.7. The monoisotopic (exact) mass is 415 g/mol. The molecule has 0 radical (unpaired) electrons. The van der Waals surface area contributed by atoms with Gasteiger partial charge in [0.05, 0.1) is 4.90 Å². The highest BCUT2D eigenvalue weighted by Gasteiger charge is 2.66. The van der Waals surface area contributed by atoms with E-state index in [0.29, 0.717) is 12.8 Å². The first-order chi connectivity index (χ1) is 11.9. The number of alkyl halides is 2. The molecule has 0 spiro atoms. The van der Waals surface area contributed by atoms with E-state index in [2.05, 4.69) is 6.58 Å². The van der Waals surface area contributed by atoms with Crippen LogP contribution in [0.1, 0.15) is 32.3 Å². The van der Waals surface area contributed by atoms with E-state index in [1.165, 1.54) is 12.1 Å². The number of aryl methyl sites for hydroxylation is 1. The van der Waals surface area contributed by atoms with Crippen molar-refractivity contribution in [2.75, 3.05) is 6.54 Å². The number of hydrogen-bond acceptors (Lipinski definition) is 3. The standard InChI is InChI=1S/C19H23Cl2NO3S/c1-12(2)15-9-10-18(4,20)16-11-22(17(23)19(15,16)21)26(24,25)14-7-5-13(3)6-8-14/h5-8,15-16H,1,9-11H2,2-4H3/t15-,16+,18+,19+/m1/s1. The molecule has 2 aliphatic rings. The highest BCUT2D eigenvalue weighted by molar-refractivity contribution is 7.89. The molecule has 2 fully saturated rings. The minimum atomic E-state index is -3.99. The van der Waals surface area contributed by atoms with Crippen LogP contribution in [-0.4, -0.2) is 34.9 Å². The number of hydrogen-bond donors (Lipinski definition) is 0. The van der Waals surface area contributed by atoms with E-state index in [4.69, 9.17) is 23.2 Å². The zero-order valence-electron chi connectivity index (χ0n) is 15.1. The minimum absolute atomic E-state index is 0.0116. The number of allylic oxidation sites excluding steroid dienone is 1. The Morgan fingerprint density at radius 3 is 2.38 bits per heavy atom. The van der Waals surface area contributed by atoms with Crippen molar-refractivity contribution in [2.24, 2.45) is 11.8 Å². The summed E-state index contributed by atoms with van der Waals surface area (Å²) in [5, 5.41) is 0. The lowest BCUT2D eigenvalue weighted by molar-refractivity contribution is -0.127. The van der Waals surface area contributed by atoms with Crippen LogP contribution in [0.25, 0.3) is 0 Å². The maximum absolute atomic E-state index is 13.3. The van der Waals surface area contributed by atoms with Crippen molar-refractivity contribution in [1.29, 1.82) is 0 Å². The Hall–Kier alpha value is -1.04. The number of sulfonamides is 1. The summed E-state index contributed by atoms with van der Waals surface area (Å²) in [6.45, 7) is 9.49. The van der Waals surface area contributed by atoms with Crippen molar-refractivity contribution in [1.82, 2.24) is 4.31 Å². The molecule has 1 aliphatic carbocycles. The molecule has 1 aromatic carbocycles. The van der Waals surface area contributed by atoms with Gasteiger partial charge in [-0.25, -0.2) is 12.7 Å². The molecule has 142 valence electrons. The third kappa shape index (κ3) is 2.79. The lowest BCUT2D eigenvalue weighted by Crippen LogP contribution is -2.54. The van der Waals surface area contributed by atoms with Gasteiger partial charge < -0.3 is 0 Å². The number of benzene rings is 1. The van der Waals surface area contributed by atoms with Gasteiger partial charge in [0.15, 0.2) is 0 Å². The Kier molecular flexibility index (Phi) is 4.74. The second-order valence-corrected chi connectivity index (χ2v) is 11.0. The van der Waals surface area contributed by atoms with Crippen molar-refractivity contribution < 1.29 is 13.2 Å². The summed E-state index contributed by atoms with van der Waals surface area (Å²) in [6, 6.07) is 6.44. The second kappa shape index (κ2) is 6.25. The molecule has 7 heteroatoms. The molecule has 1 amide bonds. The maximum Gasteiger partial charge on any atom is 0.266 e. The zero-order chi connectivity index (χ0) is 19.5. The molecule has 0 N–H and O–H groups in total. The summed E-state index contributed by atoms with van der Waals surface area (Å²) in [6.07, 6.45) is 1.26. The van der Waals surface area contributed by atoms with Gasteiger partial charge in [-0.2, -0.15) is 0 Å². The Bertz CT molecular complexity index is 863. The molecule has 1 saturated heterocycles. The van der Waals surface area contributed by atoms with Gasteiger partial charge in [-0.05, 0) is 45.7 Å². The number of rotatable bonds is 3.